The Kier molecular flexibility index (Phi) is 4.39. The van der Waals surface area contributed by atoms with Crippen LogP contribution in [0.15, 0.2) is 0 Å². The molecule has 1 fully saturated rings. The lowest BCUT2D eigenvalue weighted by molar-refractivity contribution is -0.150. The SMILES string of the molecule is CCOC(=O)C1CCCCN1C(=O)OC. The highest BCUT2D eigenvalue weighted by molar-refractivity contribution is 5.81. The van der Waals surface area contributed by atoms with Crippen molar-refractivity contribution in [3.8, 4) is 0 Å². The van der Waals surface area contributed by atoms with Gasteiger partial charge < -0.3 is 9.47 Å². The van der Waals surface area contributed by atoms with Gasteiger partial charge in [-0.2, -0.15) is 0 Å². The molecule has 1 unspecified atom stereocenters. The average Bonchev–Trinajstić information content (AvgIpc) is 2.28. The van der Waals surface area contributed by atoms with Gasteiger partial charge in [0, 0.05) is 6.54 Å². The minimum absolute atomic E-state index is 0.331. The average molecular weight is 215 g/mol. The summed E-state index contributed by atoms with van der Waals surface area (Å²) < 4.78 is 9.55. The minimum Gasteiger partial charge on any atom is -0.464 e. The first kappa shape index (κ1) is 11.8. The van der Waals surface area contributed by atoms with Gasteiger partial charge in [-0.25, -0.2) is 9.59 Å². The third-order valence-electron chi connectivity index (χ3n) is 2.47. The van der Waals surface area contributed by atoms with Crippen molar-refractivity contribution in [3.63, 3.8) is 0 Å². The van der Waals surface area contributed by atoms with Gasteiger partial charge in [-0.3, -0.25) is 4.90 Å². The van der Waals surface area contributed by atoms with Crippen LogP contribution in [0, 0.1) is 0 Å². The molecule has 1 aliphatic rings. The highest BCUT2D eigenvalue weighted by atomic mass is 16.6. The van der Waals surface area contributed by atoms with E-state index in [-0.39, 0.29) is 5.97 Å². The Morgan fingerprint density at radius 2 is 2.13 bits per heavy atom. The Morgan fingerprint density at radius 1 is 1.40 bits per heavy atom. The second kappa shape index (κ2) is 5.58. The van der Waals surface area contributed by atoms with Crippen molar-refractivity contribution in [1.29, 1.82) is 0 Å². The van der Waals surface area contributed by atoms with E-state index in [1.165, 1.54) is 12.0 Å². The van der Waals surface area contributed by atoms with E-state index in [1.807, 2.05) is 0 Å². The van der Waals surface area contributed by atoms with Crippen LogP contribution in [-0.4, -0.2) is 43.3 Å². The lowest BCUT2D eigenvalue weighted by Crippen LogP contribution is -2.48. The molecule has 1 atom stereocenters. The largest absolute Gasteiger partial charge is 0.464 e. The molecule has 0 aromatic rings. The summed E-state index contributed by atoms with van der Waals surface area (Å²) in [6, 6.07) is -0.467. The van der Waals surface area contributed by atoms with Crippen LogP contribution in [0.5, 0.6) is 0 Å². The molecule has 1 heterocycles. The number of likely N-dealkylation sites (tertiary alicyclic amines) is 1. The summed E-state index contributed by atoms with van der Waals surface area (Å²) in [6.45, 7) is 2.66. The number of rotatable bonds is 2. The first-order valence-electron chi connectivity index (χ1n) is 5.22. The number of hydrogen-bond donors (Lipinski definition) is 0. The smallest absolute Gasteiger partial charge is 0.410 e. The zero-order chi connectivity index (χ0) is 11.3. The van der Waals surface area contributed by atoms with E-state index in [4.69, 9.17) is 4.74 Å². The summed E-state index contributed by atoms with van der Waals surface area (Å²) >= 11 is 0. The number of carbonyl (C=O) groups excluding carboxylic acids is 2. The van der Waals surface area contributed by atoms with Gasteiger partial charge in [0.05, 0.1) is 13.7 Å². The molecule has 5 heteroatoms. The van der Waals surface area contributed by atoms with Crippen LogP contribution in [0.1, 0.15) is 26.2 Å². The van der Waals surface area contributed by atoms with E-state index in [0.29, 0.717) is 19.6 Å². The van der Waals surface area contributed by atoms with Gasteiger partial charge in [0.2, 0.25) is 0 Å². The van der Waals surface area contributed by atoms with Gasteiger partial charge in [0.1, 0.15) is 6.04 Å². The number of carbonyl (C=O) groups is 2. The fourth-order valence-electron chi connectivity index (χ4n) is 1.75. The zero-order valence-electron chi connectivity index (χ0n) is 9.19. The molecule has 5 nitrogen and oxygen atoms in total. The summed E-state index contributed by atoms with van der Waals surface area (Å²) in [5.41, 5.74) is 0. The predicted molar refractivity (Wildman–Crippen MR) is 53.4 cm³/mol. The van der Waals surface area contributed by atoms with Crippen LogP contribution in [0.4, 0.5) is 4.79 Å². The topological polar surface area (TPSA) is 55.8 Å². The van der Waals surface area contributed by atoms with E-state index < -0.39 is 12.1 Å². The first-order chi connectivity index (χ1) is 7.20. The van der Waals surface area contributed by atoms with Crippen LogP contribution in [-0.2, 0) is 14.3 Å². The maximum atomic E-state index is 11.6. The van der Waals surface area contributed by atoms with Crippen molar-refractivity contribution < 1.29 is 19.1 Å². The van der Waals surface area contributed by atoms with Crippen molar-refractivity contribution >= 4 is 12.1 Å². The first-order valence-corrected chi connectivity index (χ1v) is 5.22. The number of piperidine rings is 1. The number of ether oxygens (including phenoxy) is 2. The third-order valence-corrected chi connectivity index (χ3v) is 2.47. The summed E-state index contributed by atoms with van der Waals surface area (Å²) in [5.74, 6) is -0.331. The normalized spacial score (nSPS) is 20.9. The third kappa shape index (κ3) is 2.84. The molecule has 15 heavy (non-hydrogen) atoms. The number of esters is 1. The van der Waals surface area contributed by atoms with Crippen LogP contribution in [0.3, 0.4) is 0 Å². The van der Waals surface area contributed by atoms with Crippen molar-refractivity contribution in [1.82, 2.24) is 4.90 Å². The molecule has 0 aliphatic carbocycles. The molecule has 1 amide bonds. The molecule has 0 aromatic heterocycles. The number of hydrogen-bond acceptors (Lipinski definition) is 4. The lowest BCUT2D eigenvalue weighted by Gasteiger charge is -2.32. The van der Waals surface area contributed by atoms with E-state index in [9.17, 15) is 9.59 Å². The maximum Gasteiger partial charge on any atom is 0.410 e. The monoisotopic (exact) mass is 215 g/mol. The molecule has 0 aromatic carbocycles. The molecule has 1 saturated heterocycles. The minimum atomic E-state index is -0.467. The number of nitrogens with zero attached hydrogens (tertiary/aromatic N) is 1. The quantitative estimate of drug-likeness (QED) is 0.649. The standard InChI is InChI=1S/C10H17NO4/c1-3-15-9(12)8-6-4-5-7-11(8)10(13)14-2/h8H,3-7H2,1-2H3. The molecular formula is C10H17NO4. The van der Waals surface area contributed by atoms with Crippen molar-refractivity contribution in [2.24, 2.45) is 0 Å². The molecule has 0 radical (unpaired) electrons. The van der Waals surface area contributed by atoms with Gasteiger partial charge in [0.15, 0.2) is 0 Å². The van der Waals surface area contributed by atoms with Crippen molar-refractivity contribution in [2.45, 2.75) is 32.2 Å². The fourth-order valence-corrected chi connectivity index (χ4v) is 1.75. The number of methoxy groups -OCH3 is 1. The molecule has 1 rings (SSSR count). The summed E-state index contributed by atoms with van der Waals surface area (Å²) in [4.78, 5) is 24.4. The van der Waals surface area contributed by atoms with Crippen LogP contribution in [0.2, 0.25) is 0 Å². The van der Waals surface area contributed by atoms with Crippen molar-refractivity contribution in [3.05, 3.63) is 0 Å². The van der Waals surface area contributed by atoms with Gasteiger partial charge >= 0.3 is 12.1 Å². The molecular weight excluding hydrogens is 198 g/mol. The predicted octanol–water partition coefficient (Wildman–Crippen LogP) is 1.17. The van der Waals surface area contributed by atoms with Crippen LogP contribution in [0.25, 0.3) is 0 Å². The second-order valence-corrected chi connectivity index (χ2v) is 3.43. The van der Waals surface area contributed by atoms with Gasteiger partial charge in [0.25, 0.3) is 0 Å². The molecule has 0 bridgehead atoms. The molecule has 0 spiro atoms. The second-order valence-electron chi connectivity index (χ2n) is 3.43. The number of amides is 1. The lowest BCUT2D eigenvalue weighted by atomic mass is 10.0. The molecule has 86 valence electrons. The van der Waals surface area contributed by atoms with Crippen LogP contribution >= 0.6 is 0 Å². The van der Waals surface area contributed by atoms with Crippen molar-refractivity contribution in [2.75, 3.05) is 20.3 Å². The Bertz CT molecular complexity index is 242. The maximum absolute atomic E-state index is 11.6. The van der Waals surface area contributed by atoms with Crippen LogP contribution < -0.4 is 0 Å². The Labute approximate surface area is 89.3 Å². The van der Waals surface area contributed by atoms with E-state index in [1.54, 1.807) is 6.92 Å². The highest BCUT2D eigenvalue weighted by Gasteiger charge is 2.33. The molecule has 1 aliphatic heterocycles. The van der Waals surface area contributed by atoms with E-state index in [2.05, 4.69) is 4.74 Å². The van der Waals surface area contributed by atoms with Gasteiger partial charge in [-0.1, -0.05) is 0 Å². The Balaban J connectivity index is 2.65. The zero-order valence-corrected chi connectivity index (χ0v) is 9.19. The fraction of sp³-hybridized carbons (Fsp3) is 0.800. The summed E-state index contributed by atoms with van der Waals surface area (Å²) in [5, 5.41) is 0. The molecule has 0 N–H and O–H groups in total. The van der Waals surface area contributed by atoms with E-state index >= 15 is 0 Å². The summed E-state index contributed by atoms with van der Waals surface area (Å²) in [7, 11) is 1.32. The Morgan fingerprint density at radius 3 is 2.73 bits per heavy atom. The van der Waals surface area contributed by atoms with Gasteiger partial charge in [-0.05, 0) is 26.2 Å². The Hall–Kier alpha value is -1.26. The summed E-state index contributed by atoms with van der Waals surface area (Å²) in [6.07, 6.45) is 2.06. The highest BCUT2D eigenvalue weighted by Crippen LogP contribution is 2.18. The van der Waals surface area contributed by atoms with Gasteiger partial charge in [-0.15, -0.1) is 0 Å². The molecule has 0 saturated carbocycles. The van der Waals surface area contributed by atoms with E-state index in [0.717, 1.165) is 12.8 Å².